The minimum Gasteiger partial charge on any atom is -0.348 e. The molecule has 0 bridgehead atoms. The molecule has 140 valence electrons. The van der Waals surface area contributed by atoms with Crippen LogP contribution in [0.25, 0.3) is 0 Å². The average molecular weight is 411 g/mol. The molecule has 1 saturated heterocycles. The van der Waals surface area contributed by atoms with Crippen molar-refractivity contribution in [1.29, 1.82) is 0 Å². The molecular formula is C21H31BrO3. The smallest absolute Gasteiger partial charge is 0.168 e. The number of carbonyl (C=O) groups is 1. The molecule has 4 saturated carbocycles. The highest BCUT2D eigenvalue weighted by Gasteiger charge is 2.65. The summed E-state index contributed by atoms with van der Waals surface area (Å²) in [6.45, 7) is 6.27. The van der Waals surface area contributed by atoms with E-state index >= 15 is 0 Å². The maximum atomic E-state index is 13.6. The lowest BCUT2D eigenvalue weighted by Crippen LogP contribution is -2.61. The molecule has 3 nitrogen and oxygen atoms in total. The number of hydrogen-bond donors (Lipinski definition) is 0. The van der Waals surface area contributed by atoms with E-state index in [1.54, 1.807) is 0 Å². The molecule has 0 radical (unpaired) electrons. The average Bonchev–Trinajstić information content (AvgIpc) is 3.21. The van der Waals surface area contributed by atoms with Gasteiger partial charge in [-0.05, 0) is 60.7 Å². The first kappa shape index (κ1) is 17.2. The van der Waals surface area contributed by atoms with Crippen LogP contribution in [-0.2, 0) is 14.3 Å². The molecular weight excluding hydrogens is 380 g/mol. The molecule has 1 spiro atoms. The molecule has 0 aromatic heterocycles. The summed E-state index contributed by atoms with van der Waals surface area (Å²) in [5.41, 5.74) is 0.325. The molecule has 0 aromatic carbocycles. The third-order valence-corrected chi connectivity index (χ3v) is 10.6. The highest BCUT2D eigenvalue weighted by atomic mass is 79.9. The Morgan fingerprint density at radius 3 is 2.52 bits per heavy atom. The van der Waals surface area contributed by atoms with Crippen LogP contribution in [0.4, 0.5) is 0 Å². The van der Waals surface area contributed by atoms with Crippen molar-refractivity contribution >= 4 is 21.7 Å². The lowest BCUT2D eigenvalue weighted by molar-refractivity contribution is -0.226. The summed E-state index contributed by atoms with van der Waals surface area (Å²) in [7, 11) is 0. The first-order chi connectivity index (χ1) is 11.9. The van der Waals surface area contributed by atoms with Gasteiger partial charge in [0, 0.05) is 18.8 Å². The Morgan fingerprint density at radius 1 is 1.00 bits per heavy atom. The van der Waals surface area contributed by atoms with E-state index < -0.39 is 0 Å². The van der Waals surface area contributed by atoms with E-state index in [4.69, 9.17) is 9.47 Å². The van der Waals surface area contributed by atoms with Crippen molar-refractivity contribution in [3.05, 3.63) is 0 Å². The summed E-state index contributed by atoms with van der Waals surface area (Å²) >= 11 is 3.88. The minimum absolute atomic E-state index is 0.0548. The number of ketones is 1. The van der Waals surface area contributed by atoms with Gasteiger partial charge in [-0.15, -0.1) is 0 Å². The first-order valence-electron chi connectivity index (χ1n) is 10.4. The van der Waals surface area contributed by atoms with Crippen molar-refractivity contribution in [2.45, 2.75) is 75.8 Å². The third kappa shape index (κ3) is 2.20. The fourth-order valence-corrected chi connectivity index (χ4v) is 8.57. The van der Waals surface area contributed by atoms with Crippen LogP contribution in [0.3, 0.4) is 0 Å². The summed E-state index contributed by atoms with van der Waals surface area (Å²) in [6.07, 6.45) is 9.35. The maximum Gasteiger partial charge on any atom is 0.168 e. The van der Waals surface area contributed by atoms with Crippen molar-refractivity contribution in [3.8, 4) is 0 Å². The number of Topliss-reactive ketones (excluding diaryl/α,β-unsaturated/α-hetero) is 1. The van der Waals surface area contributed by atoms with Crippen LogP contribution in [-0.4, -0.2) is 29.6 Å². The van der Waals surface area contributed by atoms with Gasteiger partial charge in [-0.1, -0.05) is 36.2 Å². The quantitative estimate of drug-likeness (QED) is 0.542. The van der Waals surface area contributed by atoms with Gasteiger partial charge in [0.05, 0.1) is 18.0 Å². The third-order valence-electron chi connectivity index (χ3n) is 9.07. The lowest BCUT2D eigenvalue weighted by atomic mass is 9.44. The van der Waals surface area contributed by atoms with Crippen LogP contribution in [0, 0.1) is 34.5 Å². The van der Waals surface area contributed by atoms with Gasteiger partial charge >= 0.3 is 0 Å². The van der Waals surface area contributed by atoms with E-state index in [1.165, 1.54) is 32.1 Å². The standard InChI is InChI=1S/C21H31BrO3/c1-19-8-9-21(24-10-11-25-21)12-13(19)5-6-14-15-4-3-7-20(15,2)18(22)17(23)16(14)19/h13-16,18H,3-12H2,1-2H3/t13-,14-,15+,16+,18-,19-,20+/m0/s1. The van der Waals surface area contributed by atoms with Crippen molar-refractivity contribution in [1.82, 2.24) is 0 Å². The monoisotopic (exact) mass is 410 g/mol. The van der Waals surface area contributed by atoms with Crippen molar-refractivity contribution < 1.29 is 14.3 Å². The number of carbonyl (C=O) groups excluding carboxylic acids is 1. The predicted molar refractivity (Wildman–Crippen MR) is 99.5 cm³/mol. The molecule has 1 aliphatic heterocycles. The molecule has 5 fully saturated rings. The highest BCUT2D eigenvalue weighted by molar-refractivity contribution is 9.10. The van der Waals surface area contributed by atoms with Gasteiger partial charge in [0.15, 0.2) is 11.6 Å². The van der Waals surface area contributed by atoms with Crippen LogP contribution >= 0.6 is 15.9 Å². The molecule has 0 N–H and O–H groups in total. The van der Waals surface area contributed by atoms with E-state index in [2.05, 4.69) is 29.8 Å². The van der Waals surface area contributed by atoms with E-state index in [0.717, 1.165) is 38.4 Å². The van der Waals surface area contributed by atoms with Crippen molar-refractivity contribution in [3.63, 3.8) is 0 Å². The molecule has 0 unspecified atom stereocenters. The van der Waals surface area contributed by atoms with E-state index in [0.29, 0.717) is 17.6 Å². The second kappa shape index (κ2) is 5.54. The molecule has 25 heavy (non-hydrogen) atoms. The van der Waals surface area contributed by atoms with Gasteiger partial charge in [-0.3, -0.25) is 4.79 Å². The van der Waals surface area contributed by atoms with Crippen LogP contribution in [0.1, 0.15) is 65.2 Å². The summed E-state index contributed by atoms with van der Waals surface area (Å²) in [6, 6.07) is 0. The number of hydrogen-bond acceptors (Lipinski definition) is 3. The zero-order chi connectivity index (χ0) is 17.4. The molecule has 7 atom stereocenters. The van der Waals surface area contributed by atoms with Crippen LogP contribution in [0.5, 0.6) is 0 Å². The van der Waals surface area contributed by atoms with Gasteiger partial charge in [-0.25, -0.2) is 0 Å². The molecule has 0 aromatic rings. The first-order valence-corrected chi connectivity index (χ1v) is 11.3. The number of halogens is 1. The molecule has 4 aliphatic carbocycles. The van der Waals surface area contributed by atoms with Crippen LogP contribution in [0.15, 0.2) is 0 Å². The number of ether oxygens (including phenoxy) is 2. The molecule has 0 amide bonds. The zero-order valence-electron chi connectivity index (χ0n) is 15.6. The zero-order valence-corrected chi connectivity index (χ0v) is 17.1. The fourth-order valence-electron chi connectivity index (χ4n) is 7.71. The predicted octanol–water partition coefficient (Wildman–Crippen LogP) is 4.71. The Kier molecular flexibility index (Phi) is 3.81. The normalized spacial score (nSPS) is 54.2. The second-order valence-electron chi connectivity index (χ2n) is 10.0. The summed E-state index contributed by atoms with van der Waals surface area (Å²) in [5, 5.41) is 0. The summed E-state index contributed by atoms with van der Waals surface area (Å²) < 4.78 is 12.1. The fraction of sp³-hybridized carbons (Fsp3) is 0.952. The van der Waals surface area contributed by atoms with E-state index in [9.17, 15) is 4.79 Å². The van der Waals surface area contributed by atoms with Gasteiger partial charge in [0.1, 0.15) is 0 Å². The Morgan fingerprint density at radius 2 is 1.76 bits per heavy atom. The molecule has 5 rings (SSSR count). The van der Waals surface area contributed by atoms with Crippen LogP contribution in [0.2, 0.25) is 0 Å². The number of fused-ring (bicyclic) bond motifs is 5. The Balaban J connectivity index is 1.49. The van der Waals surface area contributed by atoms with E-state index in [1.807, 2.05) is 0 Å². The van der Waals surface area contributed by atoms with Gasteiger partial charge in [-0.2, -0.15) is 0 Å². The summed E-state index contributed by atoms with van der Waals surface area (Å²) in [4.78, 5) is 13.6. The number of rotatable bonds is 0. The van der Waals surface area contributed by atoms with Crippen molar-refractivity contribution in [2.75, 3.05) is 13.2 Å². The van der Waals surface area contributed by atoms with Gasteiger partial charge in [0.2, 0.25) is 0 Å². The lowest BCUT2D eigenvalue weighted by Gasteiger charge is -2.61. The van der Waals surface area contributed by atoms with E-state index in [-0.39, 0.29) is 27.4 Å². The SMILES string of the molecule is C[C@]12CCC3(C[C@@H]1CC[C@H]1[C@H]4CCC[C@@]4(C)[C@@H](Br)C(=O)[C@@H]12)OCCO3. The molecule has 4 heteroatoms. The Bertz CT molecular complexity index is 586. The van der Waals surface area contributed by atoms with Crippen LogP contribution < -0.4 is 0 Å². The Hall–Kier alpha value is 0.0700. The van der Waals surface area contributed by atoms with Gasteiger partial charge < -0.3 is 9.47 Å². The largest absolute Gasteiger partial charge is 0.348 e. The molecule has 1 heterocycles. The second-order valence-corrected chi connectivity index (χ2v) is 10.9. The molecule has 5 aliphatic rings. The minimum atomic E-state index is -0.329. The Labute approximate surface area is 159 Å². The highest BCUT2D eigenvalue weighted by Crippen LogP contribution is 2.67. The summed E-state index contributed by atoms with van der Waals surface area (Å²) in [5.74, 6) is 2.33. The number of alkyl halides is 1. The van der Waals surface area contributed by atoms with Gasteiger partial charge in [0.25, 0.3) is 0 Å². The topological polar surface area (TPSA) is 35.5 Å². The van der Waals surface area contributed by atoms with Crippen molar-refractivity contribution in [2.24, 2.45) is 34.5 Å². The maximum absolute atomic E-state index is 13.6.